The fraction of sp³-hybridized carbons (Fsp3) is 0.800. The van der Waals surface area contributed by atoms with Crippen LogP contribution in [-0.2, 0) is 57.2 Å². The molecule has 0 radical (unpaired) electrons. The van der Waals surface area contributed by atoms with Gasteiger partial charge in [0.15, 0.2) is 0 Å². The van der Waals surface area contributed by atoms with Crippen molar-refractivity contribution in [2.45, 2.75) is 159 Å². The summed E-state index contributed by atoms with van der Waals surface area (Å²) in [5.74, 6) is -3.82. The summed E-state index contributed by atoms with van der Waals surface area (Å²) in [5.41, 5.74) is -4.76. The Kier molecular flexibility index (Phi) is 29.4. The zero-order chi connectivity index (χ0) is 53.5. The van der Waals surface area contributed by atoms with E-state index in [1.54, 1.807) is 48.6 Å². The Labute approximate surface area is 412 Å². The van der Waals surface area contributed by atoms with Gasteiger partial charge in [-0.2, -0.15) is 0 Å². The molecule has 0 heterocycles. The van der Waals surface area contributed by atoms with Gasteiger partial charge in [-0.15, -0.1) is 11.8 Å². The SMILES string of the molecule is C=C(NC)C(C)(C)NC(=O)C(CC(C)(C)C(=O)OCCOC)CC(C)(CC)C(=O)OCC(C)O.C=C(SC)C(C)(C)NC(=O)C(CC(C)(C)C(=O)OCCOC)CC(C)(CC)C(=O)OCC(C)O. The van der Waals surface area contributed by atoms with Crippen molar-refractivity contribution in [1.29, 1.82) is 0 Å². The average Bonchev–Trinajstić information content (AvgIpc) is 3.25. The summed E-state index contributed by atoms with van der Waals surface area (Å²) in [6.07, 6.45) is 1.81. The van der Waals surface area contributed by atoms with Crippen molar-refractivity contribution >= 4 is 47.5 Å². The van der Waals surface area contributed by atoms with Crippen LogP contribution in [0.2, 0.25) is 0 Å². The van der Waals surface area contributed by atoms with Gasteiger partial charge in [-0.1, -0.05) is 27.0 Å². The number of carbonyl (C=O) groups excluding carboxylic acids is 6. The third kappa shape index (κ3) is 23.3. The first-order valence-electron chi connectivity index (χ1n) is 23.4. The number of esters is 4. The number of thioether (sulfide) groups is 1. The Balaban J connectivity index is 0. The molecular weight excluding hydrogens is 899 g/mol. The van der Waals surface area contributed by atoms with Gasteiger partial charge in [-0.05, 0) is 128 Å². The molecule has 17 nitrogen and oxygen atoms in total. The van der Waals surface area contributed by atoms with E-state index in [9.17, 15) is 39.0 Å². The number of amides is 2. The molecule has 0 saturated heterocycles. The Bertz CT molecular complexity index is 1530. The maximum Gasteiger partial charge on any atom is 0.311 e. The van der Waals surface area contributed by atoms with E-state index >= 15 is 0 Å². The summed E-state index contributed by atoms with van der Waals surface area (Å²) < 4.78 is 31.1. The summed E-state index contributed by atoms with van der Waals surface area (Å²) in [5, 5.41) is 28.0. The van der Waals surface area contributed by atoms with Gasteiger partial charge in [-0.25, -0.2) is 0 Å². The fourth-order valence-corrected chi connectivity index (χ4v) is 7.41. The minimum Gasteiger partial charge on any atom is -0.463 e. The van der Waals surface area contributed by atoms with Crippen LogP contribution in [0.4, 0.5) is 0 Å². The van der Waals surface area contributed by atoms with E-state index in [0.29, 0.717) is 18.5 Å². The van der Waals surface area contributed by atoms with Crippen molar-refractivity contribution in [3.05, 3.63) is 23.8 Å². The molecule has 0 aromatic heterocycles. The lowest BCUT2D eigenvalue weighted by Crippen LogP contribution is -2.51. The van der Waals surface area contributed by atoms with E-state index in [1.165, 1.54) is 39.8 Å². The molecule has 18 heteroatoms. The first-order valence-corrected chi connectivity index (χ1v) is 24.6. The minimum absolute atomic E-state index is 0.114. The molecule has 6 atom stereocenters. The van der Waals surface area contributed by atoms with Gasteiger partial charge in [-0.3, -0.25) is 28.8 Å². The van der Waals surface area contributed by atoms with Gasteiger partial charge in [0.2, 0.25) is 11.8 Å². The Morgan fingerprint density at radius 2 is 0.897 bits per heavy atom. The molecule has 0 aliphatic rings. The summed E-state index contributed by atoms with van der Waals surface area (Å²) in [4.78, 5) is 79.0. The van der Waals surface area contributed by atoms with Crippen molar-refractivity contribution in [2.75, 3.05) is 67.2 Å². The van der Waals surface area contributed by atoms with Crippen molar-refractivity contribution in [3.63, 3.8) is 0 Å². The highest BCUT2D eigenvalue weighted by Gasteiger charge is 2.45. The van der Waals surface area contributed by atoms with E-state index in [0.717, 1.165) is 4.91 Å². The monoisotopic (exact) mass is 990 g/mol. The standard InChI is InChI=1S/C25H46N2O7.C25H45NO7S/c1-11-25(8,22(31)34-16-17(2)28)15-19(20(29)27-24(6,7)18(3)26-9)14-23(4,5)21(30)33-13-12-32-10;1-11-25(8,22(30)33-16-17(2)27)15-19(20(28)26-24(6,7)18(3)34-10)14-23(4,5)21(29)32-13-12-31-9/h17,19,26,28H,3,11-16H2,1-2,4-10H3,(H,27,29);17,19,27H,3,11-16H2,1-2,4-10H3,(H,26,28). The number of hydrogen-bond donors (Lipinski definition) is 5. The average molecular weight is 990 g/mol. The third-order valence-corrected chi connectivity index (χ3v) is 13.1. The first-order chi connectivity index (χ1) is 31.1. The summed E-state index contributed by atoms with van der Waals surface area (Å²) in [7, 11) is 4.76. The predicted octanol–water partition coefficient (Wildman–Crippen LogP) is 6.28. The van der Waals surface area contributed by atoms with Gasteiger partial charge in [0.05, 0.1) is 58.2 Å². The number of ether oxygens (including phenoxy) is 6. The van der Waals surface area contributed by atoms with E-state index < -0.39 is 80.7 Å². The van der Waals surface area contributed by atoms with Crippen molar-refractivity contribution in [1.82, 2.24) is 16.0 Å². The molecule has 68 heavy (non-hydrogen) atoms. The molecule has 5 N–H and O–H groups in total. The van der Waals surface area contributed by atoms with Crippen molar-refractivity contribution < 1.29 is 67.4 Å². The Morgan fingerprint density at radius 3 is 1.18 bits per heavy atom. The molecule has 0 aliphatic carbocycles. The summed E-state index contributed by atoms with van der Waals surface area (Å²) >= 11 is 1.45. The summed E-state index contributed by atoms with van der Waals surface area (Å²) in [6.45, 7) is 33.0. The molecule has 0 aliphatic heterocycles. The van der Waals surface area contributed by atoms with E-state index in [1.807, 2.05) is 47.8 Å². The van der Waals surface area contributed by atoms with Crippen LogP contribution >= 0.6 is 11.8 Å². The number of hydrogen-bond acceptors (Lipinski definition) is 16. The smallest absolute Gasteiger partial charge is 0.311 e. The second-order valence-corrected chi connectivity index (χ2v) is 21.4. The topological polar surface area (TPSA) is 234 Å². The Hall–Kier alpha value is -3.71. The molecule has 6 unspecified atom stereocenters. The first kappa shape index (κ1) is 66.4. The van der Waals surface area contributed by atoms with Gasteiger partial charge in [0.25, 0.3) is 0 Å². The largest absolute Gasteiger partial charge is 0.463 e. The predicted molar refractivity (Wildman–Crippen MR) is 266 cm³/mol. The van der Waals surface area contributed by atoms with E-state index in [4.69, 9.17) is 28.4 Å². The van der Waals surface area contributed by atoms with Crippen molar-refractivity contribution in [2.24, 2.45) is 33.5 Å². The number of carbonyl (C=O) groups is 6. The highest BCUT2D eigenvalue weighted by atomic mass is 32.2. The molecule has 2 amide bonds. The lowest BCUT2D eigenvalue weighted by atomic mass is 9.72. The zero-order valence-electron chi connectivity index (χ0n) is 44.9. The maximum atomic E-state index is 13.5. The number of rotatable bonds is 32. The number of methoxy groups -OCH3 is 2. The van der Waals surface area contributed by atoms with Crippen LogP contribution in [0.3, 0.4) is 0 Å². The van der Waals surface area contributed by atoms with Crippen LogP contribution in [-0.4, -0.2) is 136 Å². The Morgan fingerprint density at radius 1 is 0.559 bits per heavy atom. The third-order valence-electron chi connectivity index (χ3n) is 12.1. The number of nitrogens with one attached hydrogen (secondary N) is 3. The molecule has 0 aromatic rings. The van der Waals surface area contributed by atoms with Gasteiger partial charge < -0.3 is 54.6 Å². The molecule has 0 rings (SSSR count). The second kappa shape index (κ2) is 30.1. The van der Waals surface area contributed by atoms with E-state index in [2.05, 4.69) is 29.1 Å². The van der Waals surface area contributed by atoms with Gasteiger partial charge in [0.1, 0.15) is 26.4 Å². The lowest BCUT2D eigenvalue weighted by molar-refractivity contribution is -0.162. The molecule has 0 fully saturated rings. The minimum atomic E-state index is -0.989. The molecule has 0 saturated carbocycles. The molecular formula is C50H91N3O14S. The normalized spacial score (nSPS) is 15.5. The van der Waals surface area contributed by atoms with Gasteiger partial charge >= 0.3 is 23.9 Å². The van der Waals surface area contributed by atoms with Gasteiger partial charge in [0, 0.05) is 43.7 Å². The number of aliphatic hydroxyl groups excluding tert-OH is 2. The highest BCUT2D eigenvalue weighted by molar-refractivity contribution is 8.02. The quantitative estimate of drug-likeness (QED) is 0.0284. The van der Waals surface area contributed by atoms with E-state index in [-0.39, 0.29) is 77.1 Å². The zero-order valence-corrected chi connectivity index (χ0v) is 45.7. The van der Waals surface area contributed by atoms with Crippen molar-refractivity contribution in [3.8, 4) is 0 Å². The van der Waals surface area contributed by atoms with Crippen LogP contribution in [0.15, 0.2) is 23.8 Å². The molecule has 0 spiro atoms. The highest BCUT2D eigenvalue weighted by Crippen LogP contribution is 2.40. The van der Waals surface area contributed by atoms with Crippen LogP contribution in [0, 0.1) is 33.5 Å². The second-order valence-electron chi connectivity index (χ2n) is 20.5. The molecule has 396 valence electrons. The van der Waals surface area contributed by atoms with Crippen LogP contribution in [0.25, 0.3) is 0 Å². The lowest BCUT2D eigenvalue weighted by Gasteiger charge is -2.36. The molecule has 0 aromatic carbocycles. The van der Waals surface area contributed by atoms with Crippen LogP contribution < -0.4 is 16.0 Å². The maximum absolute atomic E-state index is 13.5. The van der Waals surface area contributed by atoms with Crippen LogP contribution in [0.1, 0.15) is 135 Å². The number of aliphatic hydroxyl groups is 2. The van der Waals surface area contributed by atoms with Crippen LogP contribution in [0.5, 0.6) is 0 Å². The fourth-order valence-electron chi connectivity index (χ4n) is 6.85. The summed E-state index contributed by atoms with van der Waals surface area (Å²) in [6, 6.07) is 0. The number of likely N-dealkylation sites (N-methyl/N-ethyl adjacent to an activating group) is 1. The molecule has 0 bridgehead atoms.